The van der Waals surface area contributed by atoms with Gasteiger partial charge in [-0.2, -0.15) is 5.10 Å². The fourth-order valence-electron chi connectivity index (χ4n) is 5.04. The summed E-state index contributed by atoms with van der Waals surface area (Å²) in [6.07, 6.45) is 0.872. The van der Waals surface area contributed by atoms with E-state index >= 15 is 0 Å². The van der Waals surface area contributed by atoms with E-state index < -0.39 is 23.1 Å². The maximum atomic E-state index is 13.3. The van der Waals surface area contributed by atoms with Crippen LogP contribution in [0.4, 0.5) is 19.3 Å². The number of anilines is 1. The van der Waals surface area contributed by atoms with Crippen molar-refractivity contribution >= 4 is 35.0 Å². The highest BCUT2D eigenvalue weighted by atomic mass is 35.5. The number of nitrogens with two attached hydrogens (primary N) is 1. The molecule has 2 aromatic carbocycles. The Morgan fingerprint density at radius 2 is 1.31 bits per heavy atom. The normalized spacial score (nSPS) is 11.2. The zero-order valence-corrected chi connectivity index (χ0v) is 29.3. The van der Waals surface area contributed by atoms with Gasteiger partial charge in [-0.25, -0.2) is 29.1 Å². The average molecular weight is 714 g/mol. The number of amides is 1. The predicted octanol–water partition coefficient (Wildman–Crippen LogP) is 7.76. The van der Waals surface area contributed by atoms with Gasteiger partial charge < -0.3 is 13.9 Å². The van der Waals surface area contributed by atoms with Crippen molar-refractivity contribution in [2.75, 3.05) is 5.01 Å². The Morgan fingerprint density at radius 1 is 0.837 bits per heavy atom. The summed E-state index contributed by atoms with van der Waals surface area (Å²) in [5.74, 6) is 5.21. The van der Waals surface area contributed by atoms with Gasteiger partial charge in [-0.1, -0.05) is 23.2 Å². The van der Waals surface area contributed by atoms with Gasteiger partial charge in [0, 0.05) is 36.1 Å². The van der Waals surface area contributed by atoms with Crippen LogP contribution in [0.15, 0.2) is 82.5 Å². The SMILES string of the molecule is CCn1c(-c2ccc(F)cc2)c(-n2nccc2C)cc(Cl)c1=O.CCn1c(-c2ccc(F)cc2)c(N(N)C(=O)OC(C)(C)C)cc(Cl)c1=O. The molecule has 49 heavy (non-hydrogen) atoms. The first-order valence-electron chi connectivity index (χ1n) is 15.2. The Hall–Kier alpha value is -4.78. The minimum Gasteiger partial charge on any atom is -0.442 e. The number of aryl methyl sites for hydroxylation is 1. The Balaban J connectivity index is 0.000000222. The molecule has 0 fully saturated rings. The molecule has 0 radical (unpaired) electrons. The molecule has 0 aliphatic heterocycles. The summed E-state index contributed by atoms with van der Waals surface area (Å²) >= 11 is 12.2. The molecule has 0 aliphatic rings. The molecular formula is C35H36Cl2F2N6O4. The van der Waals surface area contributed by atoms with E-state index in [2.05, 4.69) is 5.10 Å². The van der Waals surface area contributed by atoms with Gasteiger partial charge in [0.25, 0.3) is 11.1 Å². The number of halogens is 4. The van der Waals surface area contributed by atoms with E-state index in [0.717, 1.165) is 16.3 Å². The summed E-state index contributed by atoms with van der Waals surface area (Å²) in [5, 5.41) is 5.13. The van der Waals surface area contributed by atoms with Crippen molar-refractivity contribution in [3.8, 4) is 28.2 Å². The van der Waals surface area contributed by atoms with Gasteiger partial charge in [0.15, 0.2) is 0 Å². The lowest BCUT2D eigenvalue weighted by Gasteiger charge is -2.26. The molecule has 3 aromatic heterocycles. The number of pyridine rings is 2. The summed E-state index contributed by atoms with van der Waals surface area (Å²) in [5.41, 5.74) is 2.55. The minimum absolute atomic E-state index is 0.0910. The molecule has 14 heteroatoms. The first-order valence-corrected chi connectivity index (χ1v) is 16.0. The number of carbonyl (C=O) groups excluding carboxylic acids is 1. The molecule has 0 spiro atoms. The van der Waals surface area contributed by atoms with E-state index in [1.165, 1.54) is 47.0 Å². The van der Waals surface area contributed by atoms with Crippen molar-refractivity contribution < 1.29 is 18.3 Å². The summed E-state index contributed by atoms with van der Waals surface area (Å²) in [7, 11) is 0. The number of hydrazine groups is 1. The molecule has 2 N–H and O–H groups in total. The monoisotopic (exact) mass is 712 g/mol. The van der Waals surface area contributed by atoms with Crippen LogP contribution < -0.4 is 22.0 Å². The molecule has 258 valence electrons. The lowest BCUT2D eigenvalue weighted by atomic mass is 10.1. The molecule has 3 heterocycles. The zero-order valence-electron chi connectivity index (χ0n) is 27.8. The lowest BCUT2D eigenvalue weighted by molar-refractivity contribution is 0.0580. The van der Waals surface area contributed by atoms with Crippen LogP contribution in [-0.4, -0.2) is 30.6 Å². The molecule has 0 atom stereocenters. The van der Waals surface area contributed by atoms with Crippen molar-refractivity contribution in [3.05, 3.63) is 121 Å². The van der Waals surface area contributed by atoms with E-state index in [1.807, 2.05) is 19.9 Å². The summed E-state index contributed by atoms with van der Waals surface area (Å²) in [4.78, 5) is 37.2. The van der Waals surface area contributed by atoms with E-state index in [9.17, 15) is 23.2 Å². The van der Waals surface area contributed by atoms with Crippen LogP contribution in [0, 0.1) is 18.6 Å². The number of rotatable bonds is 6. The second kappa shape index (κ2) is 15.2. The number of benzene rings is 2. The lowest BCUT2D eigenvalue weighted by Crippen LogP contribution is -2.42. The van der Waals surface area contributed by atoms with Gasteiger partial charge in [-0.05, 0) is 108 Å². The molecule has 0 saturated heterocycles. The van der Waals surface area contributed by atoms with E-state index in [4.69, 9.17) is 33.8 Å². The van der Waals surface area contributed by atoms with Crippen LogP contribution in [0.3, 0.4) is 0 Å². The number of aromatic nitrogens is 4. The second-order valence-electron chi connectivity index (χ2n) is 11.8. The maximum absolute atomic E-state index is 13.3. The van der Waals surface area contributed by atoms with E-state index in [0.29, 0.717) is 29.2 Å². The quantitative estimate of drug-likeness (QED) is 0.109. The van der Waals surface area contributed by atoms with Crippen molar-refractivity contribution in [1.82, 2.24) is 18.9 Å². The van der Waals surface area contributed by atoms with Crippen molar-refractivity contribution in [2.45, 2.75) is 60.2 Å². The van der Waals surface area contributed by atoms with Crippen molar-refractivity contribution in [2.24, 2.45) is 5.84 Å². The van der Waals surface area contributed by atoms with Gasteiger partial charge in [0.1, 0.15) is 27.3 Å². The Morgan fingerprint density at radius 3 is 1.76 bits per heavy atom. The van der Waals surface area contributed by atoms with Gasteiger partial charge in [-0.15, -0.1) is 0 Å². The third-order valence-corrected chi connectivity index (χ3v) is 7.77. The molecule has 1 amide bonds. The van der Waals surface area contributed by atoms with Crippen LogP contribution >= 0.6 is 23.2 Å². The highest BCUT2D eigenvalue weighted by Gasteiger charge is 2.26. The Kier molecular flexibility index (Phi) is 11.5. The van der Waals surface area contributed by atoms with Gasteiger partial charge in [0.2, 0.25) is 0 Å². The average Bonchev–Trinajstić information content (AvgIpc) is 3.48. The zero-order chi connectivity index (χ0) is 36.2. The highest BCUT2D eigenvalue weighted by molar-refractivity contribution is 6.31. The largest absolute Gasteiger partial charge is 0.442 e. The van der Waals surface area contributed by atoms with Crippen molar-refractivity contribution in [1.29, 1.82) is 0 Å². The molecular weight excluding hydrogens is 677 g/mol. The molecule has 0 aliphatic carbocycles. The summed E-state index contributed by atoms with van der Waals surface area (Å²) in [6, 6.07) is 16.3. The van der Waals surface area contributed by atoms with Gasteiger partial charge in [-0.3, -0.25) is 9.59 Å². The van der Waals surface area contributed by atoms with Gasteiger partial charge >= 0.3 is 6.09 Å². The Bertz CT molecular complexity index is 2090. The standard InChI is InChI=1S/C18H21ClFN3O3.C17H15ClFN3O/c1-5-22-15(11-6-8-12(20)9-7-11)14(10-13(19)16(22)24)23(21)17(25)26-18(2,3)4;1-3-21-16(12-4-6-13(19)7-5-12)15(10-14(18)17(21)23)22-11(2)8-9-20-22/h6-10H,5,21H2,1-4H3;4-10H,3H2,1-2H3. The number of hydrogen-bond donors (Lipinski definition) is 1. The van der Waals surface area contributed by atoms with Crippen LogP contribution in [0.2, 0.25) is 10.0 Å². The fraction of sp³-hybridized carbons (Fsp3) is 0.257. The van der Waals surface area contributed by atoms with Crippen molar-refractivity contribution in [3.63, 3.8) is 0 Å². The number of nitrogens with zero attached hydrogens (tertiary/aromatic N) is 5. The highest BCUT2D eigenvalue weighted by Crippen LogP contribution is 2.32. The molecule has 5 aromatic rings. The molecule has 0 bridgehead atoms. The predicted molar refractivity (Wildman–Crippen MR) is 188 cm³/mol. The van der Waals surface area contributed by atoms with Crippen LogP contribution in [0.25, 0.3) is 28.2 Å². The third-order valence-electron chi connectivity index (χ3n) is 7.23. The summed E-state index contributed by atoms with van der Waals surface area (Å²) < 4.78 is 36.5. The van der Waals surface area contributed by atoms with Gasteiger partial charge in [0.05, 0.1) is 22.8 Å². The van der Waals surface area contributed by atoms with E-state index in [1.54, 1.807) is 61.3 Å². The number of hydrogen-bond acceptors (Lipinski definition) is 6. The Labute approximate surface area is 291 Å². The maximum Gasteiger partial charge on any atom is 0.429 e. The first kappa shape index (κ1) is 37.0. The number of ether oxygens (including phenoxy) is 1. The first-order chi connectivity index (χ1) is 23.1. The van der Waals surface area contributed by atoms with E-state index in [-0.39, 0.29) is 33.7 Å². The fourth-order valence-corrected chi connectivity index (χ4v) is 5.45. The molecule has 10 nitrogen and oxygen atoms in total. The smallest absolute Gasteiger partial charge is 0.429 e. The minimum atomic E-state index is -0.807. The molecule has 5 rings (SSSR count). The topological polar surface area (TPSA) is 117 Å². The number of carbonyl (C=O) groups is 1. The van der Waals surface area contributed by atoms with Crippen LogP contribution in [0.5, 0.6) is 0 Å². The molecule has 0 unspecified atom stereocenters. The van der Waals surface area contributed by atoms with Crippen LogP contribution in [0.1, 0.15) is 40.3 Å². The molecule has 0 saturated carbocycles. The summed E-state index contributed by atoms with van der Waals surface area (Å²) in [6.45, 7) is 11.4. The van der Waals surface area contributed by atoms with Crippen LogP contribution in [-0.2, 0) is 17.8 Å². The second-order valence-corrected chi connectivity index (χ2v) is 12.6. The third kappa shape index (κ3) is 8.27.